The fraction of sp³-hybridized carbons (Fsp3) is 0.250. The number of carbonyl (C=O) groups excluding carboxylic acids is 1. The van der Waals surface area contributed by atoms with Crippen LogP contribution in [0.3, 0.4) is 0 Å². The number of aliphatic hydroxyl groups excluding tert-OH is 1. The summed E-state index contributed by atoms with van der Waals surface area (Å²) < 4.78 is 13.4. The number of aliphatic hydroxyl groups is 1. The molecule has 2 aromatic rings. The molecule has 0 spiro atoms. The summed E-state index contributed by atoms with van der Waals surface area (Å²) in [7, 11) is 1.58. The van der Waals surface area contributed by atoms with Crippen molar-refractivity contribution in [2.75, 3.05) is 20.2 Å². The zero-order chi connectivity index (χ0) is 12.4. The normalized spacial score (nSPS) is 10.8. The van der Waals surface area contributed by atoms with E-state index in [0.717, 1.165) is 0 Å². The first kappa shape index (κ1) is 11.6. The van der Waals surface area contributed by atoms with Crippen LogP contribution in [0.4, 0.5) is 4.39 Å². The van der Waals surface area contributed by atoms with Crippen LogP contribution < -0.4 is 0 Å². The molecule has 90 valence electrons. The van der Waals surface area contributed by atoms with Crippen molar-refractivity contribution in [2.45, 2.75) is 0 Å². The molecule has 0 saturated carbocycles. The maximum Gasteiger partial charge on any atom is 0.270 e. The Morgan fingerprint density at radius 1 is 1.53 bits per heavy atom. The molecule has 0 radical (unpaired) electrons. The van der Waals surface area contributed by atoms with Crippen LogP contribution in [0.1, 0.15) is 10.5 Å². The molecule has 1 amide bonds. The second kappa shape index (κ2) is 4.55. The summed E-state index contributed by atoms with van der Waals surface area (Å²) in [5.41, 5.74) is 0.909. The number of nitrogens with one attached hydrogen (secondary N) is 1. The molecule has 4 nitrogen and oxygen atoms in total. The molecule has 1 heterocycles. The van der Waals surface area contributed by atoms with Crippen molar-refractivity contribution in [3.05, 3.63) is 35.8 Å². The van der Waals surface area contributed by atoms with E-state index in [1.807, 2.05) is 0 Å². The van der Waals surface area contributed by atoms with Gasteiger partial charge in [-0.3, -0.25) is 4.79 Å². The largest absolute Gasteiger partial charge is 0.395 e. The zero-order valence-electron chi connectivity index (χ0n) is 9.40. The highest BCUT2D eigenvalue weighted by Crippen LogP contribution is 2.19. The van der Waals surface area contributed by atoms with Gasteiger partial charge in [0.05, 0.1) is 6.61 Å². The molecule has 0 saturated heterocycles. The fourth-order valence-corrected chi connectivity index (χ4v) is 1.69. The van der Waals surface area contributed by atoms with E-state index in [4.69, 9.17) is 5.11 Å². The topological polar surface area (TPSA) is 56.3 Å². The molecule has 1 aromatic heterocycles. The number of likely N-dealkylation sites (N-methyl/N-ethyl adjacent to an activating group) is 1. The first-order chi connectivity index (χ1) is 8.13. The van der Waals surface area contributed by atoms with Gasteiger partial charge in [0.15, 0.2) is 0 Å². The van der Waals surface area contributed by atoms with Crippen molar-refractivity contribution in [1.29, 1.82) is 0 Å². The van der Waals surface area contributed by atoms with Gasteiger partial charge < -0.3 is 15.0 Å². The number of hydrogen-bond acceptors (Lipinski definition) is 2. The summed E-state index contributed by atoms with van der Waals surface area (Å²) in [6.45, 7) is 0.146. The van der Waals surface area contributed by atoms with Crippen molar-refractivity contribution < 1.29 is 14.3 Å². The lowest BCUT2D eigenvalue weighted by Crippen LogP contribution is -2.29. The van der Waals surface area contributed by atoms with Crippen molar-refractivity contribution in [1.82, 2.24) is 9.88 Å². The number of halogens is 1. The van der Waals surface area contributed by atoms with Crippen molar-refractivity contribution in [3.8, 4) is 0 Å². The lowest BCUT2D eigenvalue weighted by Gasteiger charge is -2.13. The Kier molecular flexibility index (Phi) is 3.10. The summed E-state index contributed by atoms with van der Waals surface area (Å²) in [5.74, 6) is -0.628. The number of carbonyl (C=O) groups is 1. The monoisotopic (exact) mass is 236 g/mol. The summed E-state index contributed by atoms with van der Waals surface area (Å²) in [6, 6.07) is 6.13. The number of aromatic amines is 1. The van der Waals surface area contributed by atoms with Crippen molar-refractivity contribution >= 4 is 16.8 Å². The molecule has 2 rings (SSSR count). The molecule has 0 bridgehead atoms. The van der Waals surface area contributed by atoms with E-state index in [1.165, 1.54) is 17.0 Å². The number of aromatic nitrogens is 1. The van der Waals surface area contributed by atoms with E-state index in [0.29, 0.717) is 16.6 Å². The molecule has 0 aliphatic rings. The van der Waals surface area contributed by atoms with Gasteiger partial charge in [-0.25, -0.2) is 4.39 Å². The molecule has 0 aliphatic heterocycles. The van der Waals surface area contributed by atoms with E-state index < -0.39 is 0 Å². The first-order valence-corrected chi connectivity index (χ1v) is 5.27. The predicted molar refractivity (Wildman–Crippen MR) is 62.3 cm³/mol. The smallest absolute Gasteiger partial charge is 0.270 e. The van der Waals surface area contributed by atoms with E-state index in [9.17, 15) is 9.18 Å². The molecule has 1 aromatic carbocycles. The second-order valence-electron chi connectivity index (χ2n) is 3.83. The number of rotatable bonds is 3. The predicted octanol–water partition coefficient (Wildman–Crippen LogP) is 1.37. The van der Waals surface area contributed by atoms with Gasteiger partial charge in [-0.05, 0) is 18.2 Å². The van der Waals surface area contributed by atoms with Crippen molar-refractivity contribution in [2.24, 2.45) is 0 Å². The van der Waals surface area contributed by atoms with E-state index in [2.05, 4.69) is 4.98 Å². The van der Waals surface area contributed by atoms with Crippen LogP contribution >= 0.6 is 0 Å². The van der Waals surface area contributed by atoms with Crippen LogP contribution in [0.5, 0.6) is 0 Å². The lowest BCUT2D eigenvalue weighted by molar-refractivity contribution is 0.0762. The van der Waals surface area contributed by atoms with Gasteiger partial charge in [0, 0.05) is 24.5 Å². The van der Waals surface area contributed by atoms with Crippen LogP contribution in [0.15, 0.2) is 24.3 Å². The zero-order valence-corrected chi connectivity index (χ0v) is 9.40. The highest BCUT2D eigenvalue weighted by atomic mass is 19.1. The fourth-order valence-electron chi connectivity index (χ4n) is 1.69. The van der Waals surface area contributed by atoms with Gasteiger partial charge >= 0.3 is 0 Å². The number of H-pyrrole nitrogens is 1. The minimum absolute atomic E-state index is 0.100. The van der Waals surface area contributed by atoms with Crippen LogP contribution in [-0.4, -0.2) is 41.1 Å². The minimum atomic E-state index is -0.359. The van der Waals surface area contributed by atoms with Gasteiger partial charge in [-0.1, -0.05) is 6.07 Å². The summed E-state index contributed by atoms with van der Waals surface area (Å²) in [5, 5.41) is 9.15. The third-order valence-corrected chi connectivity index (χ3v) is 2.62. The number of hydrogen-bond donors (Lipinski definition) is 2. The molecule has 5 heteroatoms. The quantitative estimate of drug-likeness (QED) is 0.845. The number of amides is 1. The Balaban J connectivity index is 2.37. The third-order valence-electron chi connectivity index (χ3n) is 2.62. The Bertz CT molecular complexity index is 550. The highest BCUT2D eigenvalue weighted by molar-refractivity contribution is 5.98. The Hall–Kier alpha value is -1.88. The molecule has 0 aliphatic carbocycles. The maximum absolute atomic E-state index is 13.4. The third kappa shape index (κ3) is 2.14. The van der Waals surface area contributed by atoms with Gasteiger partial charge in [0.25, 0.3) is 5.91 Å². The highest BCUT2D eigenvalue weighted by Gasteiger charge is 2.14. The van der Waals surface area contributed by atoms with E-state index in [-0.39, 0.29) is 24.9 Å². The maximum atomic E-state index is 13.4. The summed E-state index contributed by atoms with van der Waals surface area (Å²) >= 11 is 0. The number of benzene rings is 1. The average molecular weight is 236 g/mol. The molecule has 0 atom stereocenters. The van der Waals surface area contributed by atoms with Crippen molar-refractivity contribution in [3.63, 3.8) is 0 Å². The lowest BCUT2D eigenvalue weighted by atomic mass is 10.2. The van der Waals surface area contributed by atoms with E-state index >= 15 is 0 Å². The Morgan fingerprint density at radius 2 is 2.29 bits per heavy atom. The van der Waals surface area contributed by atoms with Gasteiger partial charge in [0.2, 0.25) is 0 Å². The first-order valence-electron chi connectivity index (χ1n) is 5.27. The van der Waals surface area contributed by atoms with Crippen LogP contribution in [-0.2, 0) is 0 Å². The summed E-state index contributed by atoms with van der Waals surface area (Å²) in [4.78, 5) is 16.1. The number of fused-ring (bicyclic) bond motifs is 1. The van der Waals surface area contributed by atoms with Gasteiger partial charge in [0.1, 0.15) is 11.5 Å². The molecular weight excluding hydrogens is 223 g/mol. The molecule has 0 unspecified atom stereocenters. The van der Waals surface area contributed by atoms with Crippen LogP contribution in [0.2, 0.25) is 0 Å². The van der Waals surface area contributed by atoms with Gasteiger partial charge in [-0.15, -0.1) is 0 Å². The molecular formula is C12H13FN2O2. The van der Waals surface area contributed by atoms with Gasteiger partial charge in [-0.2, -0.15) is 0 Å². The van der Waals surface area contributed by atoms with Crippen LogP contribution in [0.25, 0.3) is 10.9 Å². The Morgan fingerprint density at radius 3 is 2.94 bits per heavy atom. The molecule has 2 N–H and O–H groups in total. The molecule has 17 heavy (non-hydrogen) atoms. The standard InChI is InChI=1S/C12H13FN2O2/c1-15(5-6-16)12(17)11-7-8-9(13)3-2-4-10(8)14-11/h2-4,7,14,16H,5-6H2,1H3. The average Bonchev–Trinajstić information content (AvgIpc) is 2.73. The van der Waals surface area contributed by atoms with Crippen LogP contribution in [0, 0.1) is 5.82 Å². The van der Waals surface area contributed by atoms with E-state index in [1.54, 1.807) is 19.2 Å². The Labute approximate surface area is 97.7 Å². The number of nitrogens with zero attached hydrogens (tertiary/aromatic N) is 1. The summed E-state index contributed by atoms with van der Waals surface area (Å²) in [6.07, 6.45) is 0. The second-order valence-corrected chi connectivity index (χ2v) is 3.83. The minimum Gasteiger partial charge on any atom is -0.395 e. The molecule has 0 fully saturated rings. The SMILES string of the molecule is CN(CCO)C(=O)c1cc2c(F)cccc2[nH]1.